The number of anilines is 1. The first kappa shape index (κ1) is 13.1. The van der Waals surface area contributed by atoms with Gasteiger partial charge in [-0.1, -0.05) is 11.6 Å². The molecule has 6 heteroatoms. The van der Waals surface area contributed by atoms with Crippen LogP contribution < -0.4 is 10.6 Å². The van der Waals surface area contributed by atoms with Crippen LogP contribution in [0.2, 0.25) is 5.02 Å². The molecule has 1 aliphatic heterocycles. The summed E-state index contributed by atoms with van der Waals surface area (Å²) in [5.41, 5.74) is 0.572. The predicted molar refractivity (Wildman–Crippen MR) is 72.2 cm³/mol. The van der Waals surface area contributed by atoms with Crippen LogP contribution in [0.4, 0.5) is 11.4 Å². The number of nitrogens with one attached hydrogen (secondary N) is 2. The Morgan fingerprint density at radius 1 is 1.56 bits per heavy atom. The van der Waals surface area contributed by atoms with E-state index < -0.39 is 4.92 Å². The lowest BCUT2D eigenvalue weighted by molar-refractivity contribution is -0.384. The van der Waals surface area contributed by atoms with Gasteiger partial charge in [-0.25, -0.2) is 0 Å². The monoisotopic (exact) mass is 269 g/mol. The fourth-order valence-corrected chi connectivity index (χ4v) is 2.35. The van der Waals surface area contributed by atoms with Gasteiger partial charge in [0.05, 0.1) is 4.92 Å². The van der Waals surface area contributed by atoms with Crippen LogP contribution >= 0.6 is 11.6 Å². The van der Waals surface area contributed by atoms with Gasteiger partial charge in [0.2, 0.25) is 0 Å². The highest BCUT2D eigenvalue weighted by Crippen LogP contribution is 2.27. The fourth-order valence-electron chi connectivity index (χ4n) is 2.18. The van der Waals surface area contributed by atoms with Crippen LogP contribution in [0.15, 0.2) is 18.2 Å². The molecule has 18 heavy (non-hydrogen) atoms. The molecular weight excluding hydrogens is 254 g/mol. The summed E-state index contributed by atoms with van der Waals surface area (Å²) < 4.78 is 0. The number of benzene rings is 1. The summed E-state index contributed by atoms with van der Waals surface area (Å²) in [6, 6.07) is 4.57. The minimum atomic E-state index is -0.393. The minimum Gasteiger partial charge on any atom is -0.379 e. The van der Waals surface area contributed by atoms with E-state index in [0.29, 0.717) is 16.6 Å². The third-order valence-corrected chi connectivity index (χ3v) is 3.42. The van der Waals surface area contributed by atoms with Crippen LogP contribution in [-0.2, 0) is 0 Å². The lowest BCUT2D eigenvalue weighted by atomic mass is 10.1. The lowest BCUT2D eigenvalue weighted by Crippen LogP contribution is -2.13. The SMILES string of the molecule is O=[N+]([O-])c1ccc(Cl)cc1NCCC1CCNC1. The molecule has 98 valence electrons. The van der Waals surface area contributed by atoms with Crippen molar-refractivity contribution in [2.45, 2.75) is 12.8 Å². The van der Waals surface area contributed by atoms with Crippen molar-refractivity contribution >= 4 is 23.0 Å². The van der Waals surface area contributed by atoms with Crippen molar-refractivity contribution in [3.8, 4) is 0 Å². The highest BCUT2D eigenvalue weighted by molar-refractivity contribution is 6.31. The standard InChI is InChI=1S/C12H16ClN3O2/c13-10-1-2-12(16(17)18)11(7-10)15-6-4-9-3-5-14-8-9/h1-2,7,9,14-15H,3-6,8H2. The Balaban J connectivity index is 1.94. The summed E-state index contributed by atoms with van der Waals surface area (Å²) in [4.78, 5) is 10.5. The third-order valence-electron chi connectivity index (χ3n) is 3.19. The molecule has 1 unspecified atom stereocenters. The normalized spacial score (nSPS) is 18.8. The van der Waals surface area contributed by atoms with Gasteiger partial charge in [-0.3, -0.25) is 10.1 Å². The molecule has 1 aliphatic rings. The summed E-state index contributed by atoms with van der Waals surface area (Å²) >= 11 is 5.85. The van der Waals surface area contributed by atoms with E-state index in [2.05, 4.69) is 10.6 Å². The van der Waals surface area contributed by atoms with Gasteiger partial charge in [0.25, 0.3) is 5.69 Å². The van der Waals surface area contributed by atoms with Gasteiger partial charge in [0.15, 0.2) is 0 Å². The van der Waals surface area contributed by atoms with Crippen molar-refractivity contribution in [3.63, 3.8) is 0 Å². The topological polar surface area (TPSA) is 67.2 Å². The average Bonchev–Trinajstić information content (AvgIpc) is 2.82. The molecular formula is C12H16ClN3O2. The summed E-state index contributed by atoms with van der Waals surface area (Å²) in [5.74, 6) is 0.663. The molecule has 0 aliphatic carbocycles. The number of halogens is 1. The highest BCUT2D eigenvalue weighted by atomic mass is 35.5. The molecule has 1 aromatic rings. The van der Waals surface area contributed by atoms with Crippen molar-refractivity contribution in [1.82, 2.24) is 5.32 Å². The Morgan fingerprint density at radius 3 is 3.06 bits per heavy atom. The molecule has 1 aromatic carbocycles. The number of nitro benzene ring substituents is 1. The van der Waals surface area contributed by atoms with Crippen LogP contribution in [0.25, 0.3) is 0 Å². The Hall–Kier alpha value is -1.33. The molecule has 0 amide bonds. The molecule has 2 N–H and O–H groups in total. The summed E-state index contributed by atoms with van der Waals surface area (Å²) in [6.45, 7) is 2.84. The maximum atomic E-state index is 10.9. The van der Waals surface area contributed by atoms with E-state index in [1.165, 1.54) is 18.6 Å². The second-order valence-electron chi connectivity index (χ2n) is 4.49. The van der Waals surface area contributed by atoms with Crippen molar-refractivity contribution in [3.05, 3.63) is 33.3 Å². The number of nitrogens with zero attached hydrogens (tertiary/aromatic N) is 1. The van der Waals surface area contributed by atoms with Gasteiger partial charge >= 0.3 is 0 Å². The Labute approximate surface area is 111 Å². The first-order chi connectivity index (χ1) is 8.66. The quantitative estimate of drug-likeness (QED) is 0.637. The van der Waals surface area contributed by atoms with E-state index in [0.717, 1.165) is 26.1 Å². The van der Waals surface area contributed by atoms with E-state index in [9.17, 15) is 10.1 Å². The van der Waals surface area contributed by atoms with E-state index in [-0.39, 0.29) is 5.69 Å². The zero-order valence-electron chi connectivity index (χ0n) is 9.99. The van der Waals surface area contributed by atoms with E-state index >= 15 is 0 Å². The average molecular weight is 270 g/mol. The number of nitro groups is 1. The van der Waals surface area contributed by atoms with Crippen LogP contribution in [-0.4, -0.2) is 24.6 Å². The molecule has 5 nitrogen and oxygen atoms in total. The maximum absolute atomic E-state index is 10.9. The molecule has 1 heterocycles. The molecule has 0 aromatic heterocycles. The zero-order valence-corrected chi connectivity index (χ0v) is 10.7. The van der Waals surface area contributed by atoms with Crippen molar-refractivity contribution in [2.24, 2.45) is 5.92 Å². The molecule has 1 atom stereocenters. The molecule has 2 rings (SSSR count). The van der Waals surface area contributed by atoms with Gasteiger partial charge < -0.3 is 10.6 Å². The van der Waals surface area contributed by atoms with Crippen LogP contribution in [0.1, 0.15) is 12.8 Å². The van der Waals surface area contributed by atoms with Crippen LogP contribution in [0, 0.1) is 16.0 Å². The van der Waals surface area contributed by atoms with E-state index in [1.54, 1.807) is 6.07 Å². The molecule has 0 saturated carbocycles. The second kappa shape index (κ2) is 6.02. The van der Waals surface area contributed by atoms with Gasteiger partial charge in [0.1, 0.15) is 5.69 Å². The summed E-state index contributed by atoms with van der Waals surface area (Å²) in [5, 5.41) is 17.8. The number of hydrogen-bond acceptors (Lipinski definition) is 4. The van der Waals surface area contributed by atoms with Crippen molar-refractivity contribution in [2.75, 3.05) is 25.0 Å². The Kier molecular flexibility index (Phi) is 4.38. The lowest BCUT2D eigenvalue weighted by Gasteiger charge is -2.10. The molecule has 0 radical (unpaired) electrons. The molecule has 1 fully saturated rings. The molecule has 0 bridgehead atoms. The zero-order chi connectivity index (χ0) is 13.0. The summed E-state index contributed by atoms with van der Waals surface area (Å²) in [7, 11) is 0. The van der Waals surface area contributed by atoms with E-state index in [1.807, 2.05) is 0 Å². The van der Waals surface area contributed by atoms with Gasteiger partial charge in [-0.05, 0) is 44.0 Å². The second-order valence-corrected chi connectivity index (χ2v) is 4.93. The van der Waals surface area contributed by atoms with E-state index in [4.69, 9.17) is 11.6 Å². The molecule has 1 saturated heterocycles. The molecule has 0 spiro atoms. The number of hydrogen-bond donors (Lipinski definition) is 2. The summed E-state index contributed by atoms with van der Waals surface area (Å²) in [6.07, 6.45) is 2.19. The predicted octanol–water partition coefficient (Wildman–Crippen LogP) is 2.66. The van der Waals surface area contributed by atoms with Crippen LogP contribution in [0.3, 0.4) is 0 Å². The highest BCUT2D eigenvalue weighted by Gasteiger charge is 2.16. The van der Waals surface area contributed by atoms with Crippen molar-refractivity contribution in [1.29, 1.82) is 0 Å². The Bertz CT molecular complexity index is 433. The number of rotatable bonds is 5. The van der Waals surface area contributed by atoms with Gasteiger partial charge in [-0.15, -0.1) is 0 Å². The largest absolute Gasteiger partial charge is 0.379 e. The van der Waals surface area contributed by atoms with Gasteiger partial charge in [0, 0.05) is 17.6 Å². The Morgan fingerprint density at radius 2 is 2.39 bits per heavy atom. The first-order valence-corrected chi connectivity index (χ1v) is 6.43. The van der Waals surface area contributed by atoms with Crippen LogP contribution in [0.5, 0.6) is 0 Å². The third kappa shape index (κ3) is 3.34. The smallest absolute Gasteiger partial charge is 0.292 e. The maximum Gasteiger partial charge on any atom is 0.292 e. The first-order valence-electron chi connectivity index (χ1n) is 6.05. The fraction of sp³-hybridized carbons (Fsp3) is 0.500. The van der Waals surface area contributed by atoms with Crippen molar-refractivity contribution < 1.29 is 4.92 Å². The minimum absolute atomic E-state index is 0.0731. The van der Waals surface area contributed by atoms with Gasteiger partial charge in [-0.2, -0.15) is 0 Å².